The average Bonchev–Trinajstić information content (AvgIpc) is 3.27. The van der Waals surface area contributed by atoms with Crippen molar-refractivity contribution in [2.45, 2.75) is 13.0 Å². The number of benzene rings is 2. The van der Waals surface area contributed by atoms with Crippen molar-refractivity contribution in [1.82, 2.24) is 24.7 Å². The van der Waals surface area contributed by atoms with Gasteiger partial charge in [0.2, 0.25) is 0 Å². The van der Waals surface area contributed by atoms with Crippen molar-refractivity contribution >= 4 is 17.5 Å². The van der Waals surface area contributed by atoms with Crippen LogP contribution in [0.1, 0.15) is 29.9 Å². The minimum Gasteiger partial charge on any atom is -0.490 e. The van der Waals surface area contributed by atoms with E-state index in [4.69, 9.17) is 25.8 Å². The van der Waals surface area contributed by atoms with E-state index < -0.39 is 17.7 Å². The van der Waals surface area contributed by atoms with Crippen molar-refractivity contribution in [3.63, 3.8) is 0 Å². The van der Waals surface area contributed by atoms with Crippen LogP contribution in [0.5, 0.6) is 5.75 Å². The number of nitrogens with two attached hydrogens (primary N) is 1. The fraction of sp³-hybridized carbons (Fsp3) is 0.120. The van der Waals surface area contributed by atoms with E-state index in [1.165, 1.54) is 12.4 Å². The van der Waals surface area contributed by atoms with E-state index in [0.29, 0.717) is 23.7 Å². The van der Waals surface area contributed by atoms with E-state index in [1.807, 2.05) is 24.3 Å². The van der Waals surface area contributed by atoms with Gasteiger partial charge in [0.25, 0.3) is 11.9 Å². The summed E-state index contributed by atoms with van der Waals surface area (Å²) in [6.07, 6.45) is 4.74. The van der Waals surface area contributed by atoms with Gasteiger partial charge in [-0.2, -0.15) is 0 Å². The highest BCUT2D eigenvalue weighted by Gasteiger charge is 2.21. The molecule has 0 aliphatic carbocycles. The molecule has 4 rings (SSSR count). The van der Waals surface area contributed by atoms with Crippen LogP contribution in [0.15, 0.2) is 84.4 Å². The van der Waals surface area contributed by atoms with Crippen LogP contribution in [0.25, 0.3) is 5.95 Å². The fourth-order valence-electron chi connectivity index (χ4n) is 3.17. The third-order valence-corrected chi connectivity index (χ3v) is 4.72. The number of ether oxygens (including phenoxy) is 1. The molecule has 0 aliphatic rings. The number of hydrogen-bond donors (Lipinski definition) is 5. The van der Waals surface area contributed by atoms with Crippen LogP contribution in [0, 0.1) is 5.41 Å². The molecule has 12 heteroatoms. The zero-order chi connectivity index (χ0) is 26.8. The number of nitrogens with one attached hydrogen (secondary N) is 3. The van der Waals surface area contributed by atoms with E-state index in [2.05, 4.69) is 31.9 Å². The molecule has 1 unspecified atom stereocenters. The number of aromatic amines is 1. The lowest BCUT2D eigenvalue weighted by Gasteiger charge is -2.19. The van der Waals surface area contributed by atoms with Crippen molar-refractivity contribution in [2.75, 3.05) is 11.9 Å². The summed E-state index contributed by atoms with van der Waals surface area (Å²) in [6.45, 7) is 5.12. The summed E-state index contributed by atoms with van der Waals surface area (Å²) in [5.41, 5.74) is 7.25. The van der Waals surface area contributed by atoms with E-state index in [0.717, 1.165) is 22.9 Å². The van der Waals surface area contributed by atoms with Crippen molar-refractivity contribution in [2.24, 2.45) is 5.73 Å². The Morgan fingerprint density at radius 1 is 1.24 bits per heavy atom. The maximum atomic E-state index is 12.6. The number of H-pyrrole nitrogens is 1. The summed E-state index contributed by atoms with van der Waals surface area (Å²) in [4.78, 5) is 32.6. The van der Waals surface area contributed by atoms with Crippen LogP contribution in [0.4, 0.5) is 5.69 Å². The van der Waals surface area contributed by atoms with Gasteiger partial charge in [-0.15, -0.1) is 9.78 Å². The molecular formula is C25H26N8O4. The molecular weight excluding hydrogens is 476 g/mol. The number of nitrogens with zero attached hydrogens (tertiary/aromatic N) is 4. The van der Waals surface area contributed by atoms with Crippen LogP contribution >= 0.6 is 0 Å². The van der Waals surface area contributed by atoms with Crippen LogP contribution in [-0.4, -0.2) is 48.3 Å². The zero-order valence-electron chi connectivity index (χ0n) is 20.0. The number of aromatic nitrogens is 5. The minimum atomic E-state index is -0.833. The third kappa shape index (κ3) is 7.36. The maximum Gasteiger partial charge on any atom is 0.350 e. The zero-order valence-corrected chi connectivity index (χ0v) is 20.0. The Kier molecular flexibility index (Phi) is 8.86. The predicted octanol–water partition coefficient (Wildman–Crippen LogP) is 2.49. The Labute approximate surface area is 212 Å². The highest BCUT2D eigenvalue weighted by Crippen LogP contribution is 2.27. The van der Waals surface area contributed by atoms with E-state index >= 15 is 0 Å². The van der Waals surface area contributed by atoms with Crippen molar-refractivity contribution in [3.8, 4) is 11.7 Å². The molecule has 0 amide bonds. The number of amidine groups is 1. The van der Waals surface area contributed by atoms with Gasteiger partial charge in [0.05, 0.1) is 0 Å². The summed E-state index contributed by atoms with van der Waals surface area (Å²) >= 11 is 0. The normalized spacial score (nSPS) is 10.9. The van der Waals surface area contributed by atoms with Gasteiger partial charge >= 0.3 is 5.69 Å². The number of nitrogen functional groups attached to an aromatic ring is 1. The summed E-state index contributed by atoms with van der Waals surface area (Å²) in [7, 11) is 0. The van der Waals surface area contributed by atoms with Gasteiger partial charge in [-0.3, -0.25) is 15.2 Å². The number of carboxylic acids is 1. The lowest BCUT2D eigenvalue weighted by molar-refractivity contribution is -0.134. The van der Waals surface area contributed by atoms with Gasteiger partial charge in [0.15, 0.2) is 5.82 Å². The summed E-state index contributed by atoms with van der Waals surface area (Å²) in [5, 5.41) is 22.8. The molecule has 0 spiro atoms. The summed E-state index contributed by atoms with van der Waals surface area (Å²) < 4.78 is 6.78. The third-order valence-electron chi connectivity index (χ3n) is 4.72. The van der Waals surface area contributed by atoms with Crippen LogP contribution < -0.4 is 21.5 Å². The monoisotopic (exact) mass is 502 g/mol. The number of anilines is 1. The first kappa shape index (κ1) is 26.3. The molecule has 0 bridgehead atoms. The van der Waals surface area contributed by atoms with Crippen molar-refractivity contribution < 1.29 is 14.6 Å². The van der Waals surface area contributed by atoms with Gasteiger partial charge in [-0.1, -0.05) is 24.8 Å². The molecule has 2 aromatic heterocycles. The molecule has 2 aromatic carbocycles. The molecule has 0 radical (unpaired) electrons. The standard InChI is InChI=1S/C23H22N8O2.C2H4O2/c1-2-13-33-18-6-3-5-16(14-18)19(28-17-9-7-15(8-10-17)20(24)25)21-29-23(32)31(30-21)22-26-11-4-12-27-22;1-2(3)4/h2-12,14,19,28H,1,13H2,(H3,24,25)(H,29,30,32);1H3,(H,3,4). The van der Waals surface area contributed by atoms with Gasteiger partial charge in [0.1, 0.15) is 24.2 Å². The fourth-order valence-corrected chi connectivity index (χ4v) is 3.17. The van der Waals surface area contributed by atoms with Gasteiger partial charge in [-0.25, -0.2) is 14.8 Å². The second-order valence-electron chi connectivity index (χ2n) is 7.54. The molecule has 6 N–H and O–H groups in total. The number of aliphatic carboxylic acids is 1. The highest BCUT2D eigenvalue weighted by atomic mass is 16.5. The topological polar surface area (TPSA) is 185 Å². The second-order valence-corrected chi connectivity index (χ2v) is 7.54. The molecule has 0 aliphatic heterocycles. The SMILES string of the molecule is C=CCOc1cccc(C(Nc2ccc(C(=N)N)cc2)c2nn(-c3ncccn3)c(=O)[nH]2)c1.CC(=O)O. The Bertz CT molecular complexity index is 1410. The van der Waals surface area contributed by atoms with E-state index in [1.54, 1.807) is 36.4 Å². The first-order chi connectivity index (χ1) is 17.8. The van der Waals surface area contributed by atoms with E-state index in [-0.39, 0.29) is 11.8 Å². The predicted molar refractivity (Wildman–Crippen MR) is 138 cm³/mol. The molecule has 37 heavy (non-hydrogen) atoms. The Morgan fingerprint density at radius 2 is 1.92 bits per heavy atom. The van der Waals surface area contributed by atoms with Crippen LogP contribution in [-0.2, 0) is 4.79 Å². The minimum absolute atomic E-state index is 0.0175. The average molecular weight is 503 g/mol. The highest BCUT2D eigenvalue weighted by molar-refractivity contribution is 5.95. The number of carboxylic acid groups (broad SMARTS) is 1. The molecule has 1 atom stereocenters. The lowest BCUT2D eigenvalue weighted by Crippen LogP contribution is -2.18. The smallest absolute Gasteiger partial charge is 0.350 e. The first-order valence-corrected chi connectivity index (χ1v) is 11.0. The van der Waals surface area contributed by atoms with Crippen molar-refractivity contribution in [3.05, 3.63) is 107 Å². The van der Waals surface area contributed by atoms with Gasteiger partial charge < -0.3 is 20.9 Å². The number of carbonyl (C=O) groups is 1. The Morgan fingerprint density at radius 3 is 2.54 bits per heavy atom. The number of rotatable bonds is 9. The van der Waals surface area contributed by atoms with Crippen LogP contribution in [0.3, 0.4) is 0 Å². The molecule has 2 heterocycles. The first-order valence-electron chi connectivity index (χ1n) is 11.0. The van der Waals surface area contributed by atoms with E-state index in [9.17, 15) is 4.79 Å². The molecule has 0 saturated heterocycles. The summed E-state index contributed by atoms with van der Waals surface area (Å²) in [6, 6.07) is 15.7. The Hall–Kier alpha value is -5.26. The lowest BCUT2D eigenvalue weighted by atomic mass is 10.0. The molecule has 0 fully saturated rings. The van der Waals surface area contributed by atoms with Crippen molar-refractivity contribution in [1.29, 1.82) is 5.41 Å². The number of hydrogen-bond acceptors (Lipinski definition) is 8. The maximum absolute atomic E-state index is 12.6. The molecule has 4 aromatic rings. The second kappa shape index (κ2) is 12.4. The largest absolute Gasteiger partial charge is 0.490 e. The quantitative estimate of drug-likeness (QED) is 0.130. The van der Waals surface area contributed by atoms with Crippen LogP contribution in [0.2, 0.25) is 0 Å². The molecule has 0 saturated carbocycles. The Balaban J connectivity index is 0.000000886. The van der Waals surface area contributed by atoms with Gasteiger partial charge in [-0.05, 0) is 48.0 Å². The molecule has 190 valence electrons. The molecule has 12 nitrogen and oxygen atoms in total. The summed E-state index contributed by atoms with van der Waals surface area (Å²) in [5.74, 6) is 0.331. The van der Waals surface area contributed by atoms with Gasteiger partial charge in [0, 0.05) is 30.6 Å².